The first-order valence-electron chi connectivity index (χ1n) is 15.6. The molecule has 3 aromatic carbocycles. The van der Waals surface area contributed by atoms with Crippen molar-refractivity contribution in [2.75, 3.05) is 38.0 Å². The maximum absolute atomic E-state index is 13.5. The van der Waals surface area contributed by atoms with Crippen molar-refractivity contribution in [3.63, 3.8) is 0 Å². The highest BCUT2D eigenvalue weighted by Gasteiger charge is 2.32. The highest BCUT2D eigenvalue weighted by molar-refractivity contribution is 5.93. The summed E-state index contributed by atoms with van der Waals surface area (Å²) in [6.07, 6.45) is -3.03. The molecule has 0 saturated carbocycles. The standard InChI is InChI=1S/C31H36F2N4O2.C4H6O6/c1-21-5-3-6-22(2)30(21)35-29(38)20-36-17-18-37(28(19-36)31(34)39)16-4-7-27(23-8-12-25(32)13-9-23)24-10-14-26(33)15-11-24;5-1(3(7)8)2(6)4(9)10/h3,5-6,8-15,27-28H,4,7,16-20H2,1-2H3,(H2,34,39)(H,35,38);1-2,5-6H,(H,7,8)(H,9,10)/t28-;/m1./s1. The molecule has 1 heterocycles. The number of rotatable bonds is 13. The number of anilines is 1. The van der Waals surface area contributed by atoms with Crippen molar-refractivity contribution >= 4 is 29.4 Å². The van der Waals surface area contributed by atoms with Crippen molar-refractivity contribution in [3.05, 3.63) is 101 Å². The summed E-state index contributed by atoms with van der Waals surface area (Å²) in [6, 6.07) is 18.2. The van der Waals surface area contributed by atoms with Gasteiger partial charge in [-0.25, -0.2) is 18.4 Å². The van der Waals surface area contributed by atoms with E-state index in [1.165, 1.54) is 24.3 Å². The summed E-state index contributed by atoms with van der Waals surface area (Å²) >= 11 is 0. The summed E-state index contributed by atoms with van der Waals surface area (Å²) < 4.78 is 27.1. The van der Waals surface area contributed by atoms with Crippen LogP contribution < -0.4 is 11.1 Å². The molecular formula is C35H42F2N4O8. The Kier molecular flexibility index (Phi) is 14.3. The molecule has 2 amide bonds. The number of piperazine rings is 1. The average molecular weight is 685 g/mol. The summed E-state index contributed by atoms with van der Waals surface area (Å²) in [4.78, 5) is 48.7. The van der Waals surface area contributed by atoms with Gasteiger partial charge in [0.05, 0.1) is 6.54 Å². The van der Waals surface area contributed by atoms with Crippen LogP contribution in [0.5, 0.6) is 0 Å². The van der Waals surface area contributed by atoms with Gasteiger partial charge in [0.1, 0.15) is 17.7 Å². The summed E-state index contributed by atoms with van der Waals surface area (Å²) in [5.41, 5.74) is 10.5. The van der Waals surface area contributed by atoms with Crippen molar-refractivity contribution in [2.24, 2.45) is 5.73 Å². The van der Waals surface area contributed by atoms with Crippen molar-refractivity contribution in [3.8, 4) is 0 Å². The topological polar surface area (TPSA) is 194 Å². The van der Waals surface area contributed by atoms with Gasteiger partial charge in [-0.1, -0.05) is 42.5 Å². The van der Waals surface area contributed by atoms with E-state index in [2.05, 4.69) is 10.2 Å². The molecule has 49 heavy (non-hydrogen) atoms. The number of nitrogens with one attached hydrogen (secondary N) is 1. The second-order valence-electron chi connectivity index (χ2n) is 11.9. The number of nitrogens with two attached hydrogens (primary N) is 1. The lowest BCUT2D eigenvalue weighted by molar-refractivity contribution is -0.165. The summed E-state index contributed by atoms with van der Waals surface area (Å²) in [5.74, 6) is -4.71. The van der Waals surface area contributed by atoms with Crippen molar-refractivity contribution in [1.29, 1.82) is 0 Å². The molecule has 0 aliphatic carbocycles. The molecule has 7 N–H and O–H groups in total. The highest BCUT2D eigenvalue weighted by atomic mass is 19.1. The Morgan fingerprint density at radius 3 is 1.78 bits per heavy atom. The SMILES string of the molecule is Cc1cccc(C)c1NC(=O)CN1CCN(CCCC(c2ccc(F)cc2)c2ccc(F)cc2)[C@@H](C(N)=O)C1.O=C(O)C(O)C(O)C(=O)O. The molecule has 0 radical (unpaired) electrons. The predicted octanol–water partition coefficient (Wildman–Crippen LogP) is 2.48. The molecule has 0 bridgehead atoms. The van der Waals surface area contributed by atoms with Crippen molar-refractivity contribution in [1.82, 2.24) is 9.80 Å². The van der Waals surface area contributed by atoms with Crippen LogP contribution in [0.2, 0.25) is 0 Å². The maximum Gasteiger partial charge on any atom is 0.335 e. The molecule has 4 rings (SSSR count). The van der Waals surface area contributed by atoms with E-state index in [0.717, 1.165) is 40.8 Å². The zero-order valence-corrected chi connectivity index (χ0v) is 27.3. The van der Waals surface area contributed by atoms with Gasteiger partial charge in [0.2, 0.25) is 11.8 Å². The Bertz CT molecular complexity index is 1510. The molecule has 3 atom stereocenters. The molecule has 1 aliphatic heterocycles. The van der Waals surface area contributed by atoms with E-state index >= 15 is 0 Å². The molecule has 1 fully saturated rings. The number of nitrogens with zero attached hydrogens (tertiary/aromatic N) is 2. The quantitative estimate of drug-likeness (QED) is 0.156. The molecular weight excluding hydrogens is 642 g/mol. The minimum Gasteiger partial charge on any atom is -0.479 e. The molecule has 14 heteroatoms. The lowest BCUT2D eigenvalue weighted by Crippen LogP contribution is -2.59. The molecule has 12 nitrogen and oxygen atoms in total. The number of aliphatic hydroxyl groups is 2. The van der Waals surface area contributed by atoms with Gasteiger partial charge in [-0.3, -0.25) is 19.4 Å². The van der Waals surface area contributed by atoms with Crippen LogP contribution in [0.4, 0.5) is 14.5 Å². The third kappa shape index (κ3) is 11.4. The Morgan fingerprint density at radius 2 is 1.33 bits per heavy atom. The average Bonchev–Trinajstić information content (AvgIpc) is 3.06. The van der Waals surface area contributed by atoms with Crippen LogP contribution in [-0.4, -0.2) is 105 Å². The first-order chi connectivity index (χ1) is 23.2. The van der Waals surface area contributed by atoms with E-state index in [4.69, 9.17) is 26.2 Å². The van der Waals surface area contributed by atoms with Gasteiger partial charge in [-0.05, 0) is 79.8 Å². The Morgan fingerprint density at radius 1 is 0.837 bits per heavy atom. The monoisotopic (exact) mass is 684 g/mol. The van der Waals surface area contributed by atoms with Crippen molar-refractivity contribution < 1.29 is 48.4 Å². The maximum atomic E-state index is 13.5. The lowest BCUT2D eigenvalue weighted by atomic mass is 9.87. The molecule has 1 aliphatic rings. The third-order valence-electron chi connectivity index (χ3n) is 8.30. The van der Waals surface area contributed by atoms with Crippen LogP contribution in [0, 0.1) is 25.5 Å². The van der Waals surface area contributed by atoms with Gasteiger partial charge in [0.15, 0.2) is 12.2 Å². The smallest absolute Gasteiger partial charge is 0.335 e. The number of aliphatic carboxylic acids is 2. The van der Waals surface area contributed by atoms with E-state index in [0.29, 0.717) is 26.2 Å². The number of amides is 2. The van der Waals surface area contributed by atoms with E-state index in [1.807, 2.05) is 36.9 Å². The zero-order chi connectivity index (χ0) is 36.2. The van der Waals surface area contributed by atoms with Crippen LogP contribution in [0.3, 0.4) is 0 Å². The minimum absolute atomic E-state index is 0.0342. The molecule has 2 unspecified atom stereocenters. The molecule has 0 aromatic heterocycles. The fraction of sp³-hybridized carbons (Fsp3) is 0.371. The fourth-order valence-corrected chi connectivity index (χ4v) is 5.64. The minimum atomic E-state index is -2.27. The first-order valence-corrected chi connectivity index (χ1v) is 15.6. The van der Waals surface area contributed by atoms with Crippen LogP contribution in [0.1, 0.15) is 41.0 Å². The largest absolute Gasteiger partial charge is 0.479 e. The number of carboxylic acids is 2. The number of benzene rings is 3. The van der Waals surface area contributed by atoms with Crippen LogP contribution in [0.25, 0.3) is 0 Å². The van der Waals surface area contributed by atoms with E-state index < -0.39 is 36.1 Å². The van der Waals surface area contributed by atoms with Gasteiger partial charge in [-0.15, -0.1) is 0 Å². The first kappa shape index (κ1) is 38.7. The number of carboxylic acid groups (broad SMARTS) is 2. The second-order valence-corrected chi connectivity index (χ2v) is 11.9. The Hall–Kier alpha value is -4.76. The third-order valence-corrected chi connectivity index (χ3v) is 8.30. The number of halogens is 2. The molecule has 3 aromatic rings. The molecule has 264 valence electrons. The number of carbonyl (C=O) groups is 4. The fourth-order valence-electron chi connectivity index (χ4n) is 5.64. The molecule has 0 spiro atoms. The number of hydrogen-bond acceptors (Lipinski definition) is 8. The zero-order valence-electron chi connectivity index (χ0n) is 27.3. The van der Waals surface area contributed by atoms with Gasteiger partial charge in [-0.2, -0.15) is 0 Å². The van der Waals surface area contributed by atoms with E-state index in [1.54, 1.807) is 24.3 Å². The number of primary amides is 1. The summed E-state index contributed by atoms with van der Waals surface area (Å²) in [5, 5.41) is 35.5. The van der Waals surface area contributed by atoms with E-state index in [-0.39, 0.29) is 30.0 Å². The van der Waals surface area contributed by atoms with Gasteiger partial charge in [0.25, 0.3) is 0 Å². The van der Waals surface area contributed by atoms with Gasteiger partial charge >= 0.3 is 11.9 Å². The van der Waals surface area contributed by atoms with Crippen LogP contribution in [-0.2, 0) is 19.2 Å². The number of carbonyl (C=O) groups excluding carboxylic acids is 2. The number of aryl methyl sites for hydroxylation is 2. The van der Waals surface area contributed by atoms with Crippen LogP contribution in [0.15, 0.2) is 66.7 Å². The second kappa shape index (κ2) is 18.1. The van der Waals surface area contributed by atoms with Crippen LogP contribution >= 0.6 is 0 Å². The van der Waals surface area contributed by atoms with Gasteiger partial charge < -0.3 is 31.5 Å². The number of para-hydroxylation sites is 1. The van der Waals surface area contributed by atoms with Gasteiger partial charge in [0, 0.05) is 31.2 Å². The normalized spacial score (nSPS) is 16.3. The number of aliphatic hydroxyl groups excluding tert-OH is 2. The highest BCUT2D eigenvalue weighted by Crippen LogP contribution is 2.30. The number of hydrogen-bond donors (Lipinski definition) is 6. The van der Waals surface area contributed by atoms with E-state index in [9.17, 15) is 28.0 Å². The summed E-state index contributed by atoms with van der Waals surface area (Å²) in [6.45, 7) is 6.39. The Labute approximate surface area is 282 Å². The lowest BCUT2D eigenvalue weighted by Gasteiger charge is -2.39. The Balaban J connectivity index is 0.000000565. The van der Waals surface area contributed by atoms with Crippen molar-refractivity contribution in [2.45, 2.75) is 50.9 Å². The predicted molar refractivity (Wildman–Crippen MR) is 177 cm³/mol. The summed E-state index contributed by atoms with van der Waals surface area (Å²) in [7, 11) is 0. The molecule has 1 saturated heterocycles.